The van der Waals surface area contributed by atoms with Crippen molar-refractivity contribution >= 4 is 23.2 Å². The second kappa shape index (κ2) is 5.27. The van der Waals surface area contributed by atoms with Gasteiger partial charge in [-0.25, -0.2) is 19.1 Å². The Balaban J connectivity index is 2.52. The van der Waals surface area contributed by atoms with Crippen molar-refractivity contribution in [1.82, 2.24) is 9.55 Å². The molecule has 1 aromatic carbocycles. The minimum atomic E-state index is -0.617. The third-order valence-electron chi connectivity index (χ3n) is 2.49. The summed E-state index contributed by atoms with van der Waals surface area (Å²) in [6.07, 6.45) is 0.905. The Morgan fingerprint density at radius 1 is 1.40 bits per heavy atom. The number of nitrogens with zero attached hydrogens (tertiary/aromatic N) is 3. The highest BCUT2D eigenvalue weighted by atomic mass is 16.6. The molecule has 0 amide bonds. The van der Waals surface area contributed by atoms with Crippen LogP contribution in [0.15, 0.2) is 29.3 Å². The number of ether oxygens (including phenoxy) is 1. The van der Waals surface area contributed by atoms with Gasteiger partial charge in [0.05, 0.1) is 11.0 Å². The average molecular weight is 273 g/mol. The first kappa shape index (κ1) is 14.0. The van der Waals surface area contributed by atoms with Crippen LogP contribution in [0.5, 0.6) is 0 Å². The lowest BCUT2D eigenvalue weighted by molar-refractivity contribution is 0.0539. The molecule has 0 saturated carbocycles. The Labute approximate surface area is 116 Å². The van der Waals surface area contributed by atoms with Gasteiger partial charge in [-0.3, -0.25) is 0 Å². The van der Waals surface area contributed by atoms with Gasteiger partial charge < -0.3 is 4.74 Å². The van der Waals surface area contributed by atoms with Crippen molar-refractivity contribution in [2.75, 3.05) is 0 Å². The Kier molecular flexibility index (Phi) is 3.68. The van der Waals surface area contributed by atoms with Gasteiger partial charge in [-0.15, -0.1) is 0 Å². The van der Waals surface area contributed by atoms with Crippen LogP contribution >= 0.6 is 0 Å². The maximum absolute atomic E-state index is 12.3. The van der Waals surface area contributed by atoms with Crippen molar-refractivity contribution in [3.8, 4) is 0 Å². The summed E-state index contributed by atoms with van der Waals surface area (Å²) >= 11 is 0. The highest BCUT2D eigenvalue weighted by Crippen LogP contribution is 2.19. The first-order valence-corrected chi connectivity index (χ1v) is 6.16. The average Bonchev–Trinajstić information content (AvgIpc) is 2.72. The van der Waals surface area contributed by atoms with E-state index in [0.717, 1.165) is 0 Å². The highest BCUT2D eigenvalue weighted by Gasteiger charge is 2.22. The van der Waals surface area contributed by atoms with Gasteiger partial charge in [0, 0.05) is 0 Å². The molecule has 0 aliphatic heterocycles. The van der Waals surface area contributed by atoms with Gasteiger partial charge in [-0.1, -0.05) is 12.1 Å². The fourth-order valence-corrected chi connectivity index (χ4v) is 1.80. The van der Waals surface area contributed by atoms with Crippen molar-refractivity contribution in [2.45, 2.75) is 32.9 Å². The molecule has 20 heavy (non-hydrogen) atoms. The fourth-order valence-electron chi connectivity index (χ4n) is 1.80. The molecule has 1 aromatic heterocycles. The molecule has 0 atom stereocenters. The summed E-state index contributed by atoms with van der Waals surface area (Å²) in [6, 6.07) is 7.17. The van der Waals surface area contributed by atoms with E-state index in [1.807, 2.05) is 6.07 Å². The molecule has 2 rings (SSSR count). The van der Waals surface area contributed by atoms with Gasteiger partial charge in [0.1, 0.15) is 18.0 Å². The van der Waals surface area contributed by atoms with Crippen molar-refractivity contribution in [1.29, 1.82) is 0 Å². The largest absolute Gasteiger partial charge is 0.443 e. The summed E-state index contributed by atoms with van der Waals surface area (Å²) in [5.41, 5.74) is 0.653. The molecule has 0 aliphatic carbocycles. The normalized spacial score (nSPS) is 11.2. The van der Waals surface area contributed by atoms with Crippen molar-refractivity contribution in [3.63, 3.8) is 0 Å². The predicted molar refractivity (Wildman–Crippen MR) is 73.2 cm³/mol. The van der Waals surface area contributed by atoms with Crippen LogP contribution in [0, 0.1) is 0 Å². The molecule has 2 aromatic rings. The molecule has 0 unspecified atom stereocenters. The van der Waals surface area contributed by atoms with E-state index in [1.165, 1.54) is 10.6 Å². The number of rotatable bonds is 2. The van der Waals surface area contributed by atoms with Crippen LogP contribution in [0.1, 0.15) is 26.6 Å². The molecule has 0 radical (unpaired) electrons. The zero-order valence-corrected chi connectivity index (χ0v) is 11.6. The van der Waals surface area contributed by atoms with E-state index in [2.05, 4.69) is 9.98 Å². The zero-order chi connectivity index (χ0) is 14.8. The van der Waals surface area contributed by atoms with Crippen molar-refractivity contribution < 1.29 is 14.3 Å². The Bertz CT molecular complexity index is 691. The van der Waals surface area contributed by atoms with Crippen LogP contribution in [-0.4, -0.2) is 27.3 Å². The van der Waals surface area contributed by atoms with E-state index in [1.54, 1.807) is 39.0 Å². The summed E-state index contributed by atoms with van der Waals surface area (Å²) in [6.45, 7) is 5.34. The third-order valence-corrected chi connectivity index (χ3v) is 2.49. The Morgan fingerprint density at radius 2 is 2.10 bits per heavy atom. The van der Waals surface area contributed by atoms with Gasteiger partial charge in [-0.2, -0.15) is 4.99 Å². The Hall–Kier alpha value is -2.46. The van der Waals surface area contributed by atoms with Crippen molar-refractivity contribution in [2.24, 2.45) is 4.99 Å². The van der Waals surface area contributed by atoms with Crippen LogP contribution in [0.4, 0.5) is 4.79 Å². The van der Waals surface area contributed by atoms with E-state index in [4.69, 9.17) is 4.74 Å². The molecule has 0 spiro atoms. The van der Waals surface area contributed by atoms with Gasteiger partial charge in [0.2, 0.25) is 6.08 Å². The van der Waals surface area contributed by atoms with Crippen LogP contribution in [0.25, 0.3) is 11.0 Å². The monoisotopic (exact) mass is 273 g/mol. The van der Waals surface area contributed by atoms with Gasteiger partial charge in [0.25, 0.3) is 0 Å². The standard InChI is InChI=1S/C14H15N3O3/c1-14(2,3)20-13(19)17-11-7-5-4-6-10(11)16-12(17)8-15-9-18/h4-7H,8H2,1-3H3. The van der Waals surface area contributed by atoms with Crippen LogP contribution in [0.2, 0.25) is 0 Å². The summed E-state index contributed by atoms with van der Waals surface area (Å²) < 4.78 is 6.69. The van der Waals surface area contributed by atoms with Crippen LogP contribution in [-0.2, 0) is 16.1 Å². The van der Waals surface area contributed by atoms with Crippen LogP contribution < -0.4 is 0 Å². The number of fused-ring (bicyclic) bond motifs is 1. The van der Waals surface area contributed by atoms with E-state index in [9.17, 15) is 9.59 Å². The first-order valence-electron chi connectivity index (χ1n) is 6.16. The quantitative estimate of drug-likeness (QED) is 0.622. The molecule has 6 heteroatoms. The maximum Gasteiger partial charge on any atom is 0.420 e. The lowest BCUT2D eigenvalue weighted by Gasteiger charge is -2.20. The SMILES string of the molecule is CC(C)(C)OC(=O)n1c(CN=C=O)nc2ccccc21. The van der Waals surface area contributed by atoms with Gasteiger partial charge >= 0.3 is 6.09 Å². The second-order valence-corrected chi connectivity index (χ2v) is 5.24. The van der Waals surface area contributed by atoms with Gasteiger partial charge in [0.15, 0.2) is 0 Å². The fraction of sp³-hybridized carbons (Fsp3) is 0.357. The molecular weight excluding hydrogens is 258 g/mol. The molecule has 1 heterocycles. The number of imidazole rings is 1. The number of carbonyl (C=O) groups is 1. The highest BCUT2D eigenvalue weighted by molar-refractivity contribution is 5.87. The van der Waals surface area contributed by atoms with E-state index in [0.29, 0.717) is 16.9 Å². The van der Waals surface area contributed by atoms with Crippen LogP contribution in [0.3, 0.4) is 0 Å². The van der Waals surface area contributed by atoms with E-state index in [-0.39, 0.29) is 6.54 Å². The smallest absolute Gasteiger partial charge is 0.420 e. The molecule has 104 valence electrons. The summed E-state index contributed by atoms with van der Waals surface area (Å²) in [5.74, 6) is 0.351. The number of isocyanates is 1. The van der Waals surface area contributed by atoms with Crippen molar-refractivity contribution in [3.05, 3.63) is 30.1 Å². The lowest BCUT2D eigenvalue weighted by Crippen LogP contribution is -2.28. The topological polar surface area (TPSA) is 73.6 Å². The minimum absolute atomic E-state index is 0.0164. The first-order chi connectivity index (χ1) is 9.42. The number of hydrogen-bond donors (Lipinski definition) is 0. The number of benzene rings is 1. The van der Waals surface area contributed by atoms with E-state index >= 15 is 0 Å². The van der Waals surface area contributed by atoms with Gasteiger partial charge in [-0.05, 0) is 32.9 Å². The molecule has 0 saturated heterocycles. The number of carbonyl (C=O) groups excluding carboxylic acids is 2. The summed E-state index contributed by atoms with van der Waals surface area (Å²) in [5, 5.41) is 0. The zero-order valence-electron chi connectivity index (χ0n) is 11.6. The second-order valence-electron chi connectivity index (χ2n) is 5.24. The molecule has 6 nitrogen and oxygen atoms in total. The molecule has 0 N–H and O–H groups in total. The summed E-state index contributed by atoms with van der Waals surface area (Å²) in [4.78, 5) is 30.3. The Morgan fingerprint density at radius 3 is 2.75 bits per heavy atom. The molecule has 0 fully saturated rings. The molecule has 0 aliphatic rings. The third kappa shape index (κ3) is 2.92. The number of hydrogen-bond acceptors (Lipinski definition) is 5. The number of para-hydroxylation sites is 2. The predicted octanol–water partition coefficient (Wildman–Crippen LogP) is 2.66. The maximum atomic E-state index is 12.3. The lowest BCUT2D eigenvalue weighted by atomic mass is 10.2. The molecular formula is C14H15N3O3. The number of aliphatic imine (C=N–C) groups is 1. The minimum Gasteiger partial charge on any atom is -0.443 e. The van der Waals surface area contributed by atoms with E-state index < -0.39 is 11.7 Å². The number of aromatic nitrogens is 2. The molecule has 0 bridgehead atoms. The summed E-state index contributed by atoms with van der Waals surface area (Å²) in [7, 11) is 0.